The highest BCUT2D eigenvalue weighted by Crippen LogP contribution is 2.08. The molecule has 1 nitrogen and oxygen atoms in total. The van der Waals surface area contributed by atoms with Gasteiger partial charge >= 0.3 is 0 Å². The van der Waals surface area contributed by atoms with E-state index in [4.69, 9.17) is 11.6 Å². The standard InChI is InChI=1S/C12H21ClO/c1-3-4-5-6-7-8-9-12(10-13)11(2)14/h9H,3-8,10H2,1-2H3/b12-9-. The van der Waals surface area contributed by atoms with Gasteiger partial charge in [0.05, 0.1) is 5.88 Å². The van der Waals surface area contributed by atoms with E-state index < -0.39 is 0 Å². The first-order chi connectivity index (χ1) is 6.72. The normalized spacial score (nSPS) is 11.8. The summed E-state index contributed by atoms with van der Waals surface area (Å²) in [6.45, 7) is 3.78. The van der Waals surface area contributed by atoms with Gasteiger partial charge in [0.15, 0.2) is 5.78 Å². The van der Waals surface area contributed by atoms with E-state index in [1.54, 1.807) is 6.92 Å². The zero-order chi connectivity index (χ0) is 10.8. The van der Waals surface area contributed by atoms with Crippen LogP contribution in [0.25, 0.3) is 0 Å². The molecule has 0 aromatic carbocycles. The van der Waals surface area contributed by atoms with Crippen molar-refractivity contribution in [1.82, 2.24) is 0 Å². The molecular formula is C12H21ClO. The van der Waals surface area contributed by atoms with Gasteiger partial charge in [0.25, 0.3) is 0 Å². The van der Waals surface area contributed by atoms with Crippen molar-refractivity contribution < 1.29 is 4.79 Å². The molecule has 0 spiro atoms. The van der Waals surface area contributed by atoms with Crippen molar-refractivity contribution in [2.45, 2.75) is 52.4 Å². The molecule has 0 saturated carbocycles. The summed E-state index contributed by atoms with van der Waals surface area (Å²) in [4.78, 5) is 11.0. The summed E-state index contributed by atoms with van der Waals surface area (Å²) in [6, 6.07) is 0. The largest absolute Gasteiger partial charge is 0.295 e. The number of unbranched alkanes of at least 4 members (excludes halogenated alkanes) is 5. The maximum atomic E-state index is 11.0. The molecule has 0 aliphatic heterocycles. The highest BCUT2D eigenvalue weighted by Gasteiger charge is 2.00. The monoisotopic (exact) mass is 216 g/mol. The van der Waals surface area contributed by atoms with E-state index >= 15 is 0 Å². The van der Waals surface area contributed by atoms with E-state index in [-0.39, 0.29) is 5.78 Å². The van der Waals surface area contributed by atoms with Crippen molar-refractivity contribution in [1.29, 1.82) is 0 Å². The van der Waals surface area contributed by atoms with Crippen molar-refractivity contribution in [2.75, 3.05) is 5.88 Å². The van der Waals surface area contributed by atoms with Crippen LogP contribution in [-0.4, -0.2) is 11.7 Å². The van der Waals surface area contributed by atoms with Gasteiger partial charge in [0, 0.05) is 5.57 Å². The minimum atomic E-state index is 0.105. The van der Waals surface area contributed by atoms with Crippen molar-refractivity contribution in [3.63, 3.8) is 0 Å². The Bertz CT molecular complexity index is 185. The molecule has 0 rings (SSSR count). The third kappa shape index (κ3) is 7.14. The van der Waals surface area contributed by atoms with Gasteiger partial charge in [-0.2, -0.15) is 0 Å². The molecule has 0 fully saturated rings. The molecule has 0 bridgehead atoms. The SMILES string of the molecule is CCCCCCC/C=C(/CCl)C(C)=O. The molecule has 0 unspecified atom stereocenters. The predicted octanol–water partition coefficient (Wildman–Crippen LogP) is 4.10. The van der Waals surface area contributed by atoms with Crippen LogP contribution in [0.5, 0.6) is 0 Å². The Balaban J connectivity index is 3.53. The van der Waals surface area contributed by atoms with Crippen LogP contribution in [0, 0.1) is 0 Å². The summed E-state index contributed by atoms with van der Waals surface area (Å²) in [5, 5.41) is 0. The lowest BCUT2D eigenvalue weighted by Gasteiger charge is -1.99. The second-order valence-corrected chi connectivity index (χ2v) is 3.89. The van der Waals surface area contributed by atoms with E-state index in [0.717, 1.165) is 12.0 Å². The average molecular weight is 217 g/mol. The Kier molecular flexibility index (Phi) is 9.06. The number of Topliss-reactive ketones (excluding diaryl/α,β-unsaturated/α-hetero) is 1. The summed E-state index contributed by atoms with van der Waals surface area (Å²) in [5.41, 5.74) is 0.766. The van der Waals surface area contributed by atoms with Crippen molar-refractivity contribution >= 4 is 17.4 Å². The number of allylic oxidation sites excluding steroid dienone is 2. The molecule has 2 heteroatoms. The molecular weight excluding hydrogens is 196 g/mol. The quantitative estimate of drug-likeness (QED) is 0.339. The molecule has 0 aliphatic rings. The predicted molar refractivity (Wildman–Crippen MR) is 62.9 cm³/mol. The second-order valence-electron chi connectivity index (χ2n) is 3.62. The van der Waals surface area contributed by atoms with E-state index in [1.165, 1.54) is 32.1 Å². The van der Waals surface area contributed by atoms with Gasteiger partial charge in [-0.1, -0.05) is 38.7 Å². The van der Waals surface area contributed by atoms with E-state index in [2.05, 4.69) is 6.92 Å². The first-order valence-electron chi connectivity index (χ1n) is 5.48. The summed E-state index contributed by atoms with van der Waals surface area (Å²) in [5.74, 6) is 0.457. The second kappa shape index (κ2) is 9.26. The Hall–Kier alpha value is -0.300. The summed E-state index contributed by atoms with van der Waals surface area (Å²) in [7, 11) is 0. The number of rotatable bonds is 8. The third-order valence-electron chi connectivity index (χ3n) is 2.29. The fourth-order valence-corrected chi connectivity index (χ4v) is 1.61. The van der Waals surface area contributed by atoms with Gasteiger partial charge in [-0.3, -0.25) is 4.79 Å². The fraction of sp³-hybridized carbons (Fsp3) is 0.750. The van der Waals surface area contributed by atoms with Crippen molar-refractivity contribution in [3.8, 4) is 0 Å². The topological polar surface area (TPSA) is 17.1 Å². The van der Waals surface area contributed by atoms with Crippen LogP contribution in [0.3, 0.4) is 0 Å². The molecule has 0 aliphatic carbocycles. The van der Waals surface area contributed by atoms with Crippen LogP contribution in [0.4, 0.5) is 0 Å². The van der Waals surface area contributed by atoms with Crippen LogP contribution < -0.4 is 0 Å². The van der Waals surface area contributed by atoms with E-state index in [1.807, 2.05) is 6.08 Å². The summed E-state index contributed by atoms with van der Waals surface area (Å²) in [6.07, 6.45) is 9.31. The number of ketones is 1. The van der Waals surface area contributed by atoms with Crippen LogP contribution in [0.2, 0.25) is 0 Å². The first kappa shape index (κ1) is 13.7. The van der Waals surface area contributed by atoms with Gasteiger partial charge in [-0.05, 0) is 19.8 Å². The maximum absolute atomic E-state index is 11.0. The molecule has 0 atom stereocenters. The van der Waals surface area contributed by atoms with Crippen LogP contribution in [0.15, 0.2) is 11.6 Å². The molecule has 0 heterocycles. The fourth-order valence-electron chi connectivity index (χ4n) is 1.32. The van der Waals surface area contributed by atoms with Gasteiger partial charge in [-0.15, -0.1) is 11.6 Å². The number of carbonyl (C=O) groups excluding carboxylic acids is 1. The molecule has 82 valence electrons. The Morgan fingerprint density at radius 1 is 1.21 bits per heavy atom. The maximum Gasteiger partial charge on any atom is 0.156 e. The minimum absolute atomic E-state index is 0.105. The number of hydrogen-bond acceptors (Lipinski definition) is 1. The van der Waals surface area contributed by atoms with Gasteiger partial charge in [0.2, 0.25) is 0 Å². The van der Waals surface area contributed by atoms with Crippen LogP contribution in [-0.2, 0) is 4.79 Å². The molecule has 14 heavy (non-hydrogen) atoms. The summed E-state index contributed by atoms with van der Waals surface area (Å²) < 4.78 is 0. The number of hydrogen-bond donors (Lipinski definition) is 0. The third-order valence-corrected chi connectivity index (χ3v) is 2.58. The van der Waals surface area contributed by atoms with Crippen molar-refractivity contribution in [3.05, 3.63) is 11.6 Å². The zero-order valence-electron chi connectivity index (χ0n) is 9.31. The van der Waals surface area contributed by atoms with E-state index in [0.29, 0.717) is 5.88 Å². The molecule has 0 aromatic heterocycles. The Morgan fingerprint density at radius 3 is 2.36 bits per heavy atom. The van der Waals surface area contributed by atoms with Gasteiger partial charge in [0.1, 0.15) is 0 Å². The lowest BCUT2D eigenvalue weighted by Crippen LogP contribution is -1.97. The molecule has 0 saturated heterocycles. The molecule has 0 radical (unpaired) electrons. The minimum Gasteiger partial charge on any atom is -0.295 e. The van der Waals surface area contributed by atoms with Crippen LogP contribution in [0.1, 0.15) is 52.4 Å². The van der Waals surface area contributed by atoms with E-state index in [9.17, 15) is 4.79 Å². The van der Waals surface area contributed by atoms with Crippen LogP contribution >= 0.6 is 11.6 Å². The first-order valence-corrected chi connectivity index (χ1v) is 6.01. The smallest absolute Gasteiger partial charge is 0.156 e. The highest BCUT2D eigenvalue weighted by molar-refractivity contribution is 6.22. The Morgan fingerprint density at radius 2 is 1.86 bits per heavy atom. The number of carbonyl (C=O) groups is 1. The lowest BCUT2D eigenvalue weighted by molar-refractivity contribution is -0.113. The lowest BCUT2D eigenvalue weighted by atomic mass is 10.1. The molecule has 0 amide bonds. The zero-order valence-corrected chi connectivity index (χ0v) is 10.1. The number of alkyl halides is 1. The van der Waals surface area contributed by atoms with Gasteiger partial charge in [-0.25, -0.2) is 0 Å². The highest BCUT2D eigenvalue weighted by atomic mass is 35.5. The Labute approximate surface area is 92.5 Å². The van der Waals surface area contributed by atoms with Gasteiger partial charge < -0.3 is 0 Å². The number of halogens is 1. The average Bonchev–Trinajstić information content (AvgIpc) is 2.16. The summed E-state index contributed by atoms with van der Waals surface area (Å²) >= 11 is 5.64. The molecule has 0 aromatic rings. The van der Waals surface area contributed by atoms with Crippen molar-refractivity contribution in [2.24, 2.45) is 0 Å². The molecule has 0 N–H and O–H groups in total.